The van der Waals surface area contributed by atoms with Crippen molar-refractivity contribution in [3.63, 3.8) is 0 Å². The largest absolute Gasteiger partial charge is 0.462 e. The molecule has 1 amide bonds. The van der Waals surface area contributed by atoms with Gasteiger partial charge in [0, 0.05) is 6.42 Å². The highest BCUT2D eigenvalue weighted by molar-refractivity contribution is 5.77. The topological polar surface area (TPSA) is 95.9 Å². The summed E-state index contributed by atoms with van der Waals surface area (Å²) >= 11 is 0. The summed E-state index contributed by atoms with van der Waals surface area (Å²) in [4.78, 5) is 26.3. The third-order valence-electron chi connectivity index (χ3n) is 13.8. The van der Waals surface area contributed by atoms with Crippen LogP contribution in [0.3, 0.4) is 0 Å². The number of nitrogens with one attached hydrogen (secondary N) is 1. The van der Waals surface area contributed by atoms with E-state index in [0.29, 0.717) is 19.3 Å². The van der Waals surface area contributed by atoms with Gasteiger partial charge in [0.05, 0.1) is 25.2 Å². The zero-order chi connectivity index (χ0) is 47.4. The van der Waals surface area contributed by atoms with Crippen molar-refractivity contribution in [1.29, 1.82) is 0 Å². The van der Waals surface area contributed by atoms with Crippen molar-refractivity contribution in [3.8, 4) is 0 Å². The first-order valence-corrected chi connectivity index (χ1v) is 29.4. The highest BCUT2D eigenvalue weighted by atomic mass is 16.5. The van der Waals surface area contributed by atoms with Gasteiger partial charge >= 0.3 is 5.97 Å². The zero-order valence-electron chi connectivity index (χ0n) is 44.2. The van der Waals surface area contributed by atoms with E-state index in [1.54, 1.807) is 0 Å². The van der Waals surface area contributed by atoms with Crippen LogP contribution in [0.15, 0.2) is 12.2 Å². The smallest absolute Gasteiger partial charge is 0.306 e. The van der Waals surface area contributed by atoms with Gasteiger partial charge in [0.25, 0.3) is 0 Å². The molecule has 6 nitrogen and oxygen atoms in total. The molecule has 3 atom stereocenters. The number of unbranched alkanes of at least 4 members (excludes halogenated alkanes) is 40. The van der Waals surface area contributed by atoms with Gasteiger partial charge in [-0.05, 0) is 51.4 Å². The van der Waals surface area contributed by atoms with Crippen molar-refractivity contribution in [2.75, 3.05) is 6.61 Å². The molecule has 0 aliphatic rings. The molecule has 0 saturated heterocycles. The number of aliphatic hydroxyl groups excluding tert-OH is 2. The van der Waals surface area contributed by atoms with E-state index in [9.17, 15) is 19.8 Å². The summed E-state index contributed by atoms with van der Waals surface area (Å²) in [5.74, 6) is -0.454. The van der Waals surface area contributed by atoms with Crippen molar-refractivity contribution in [3.05, 3.63) is 12.2 Å². The van der Waals surface area contributed by atoms with Gasteiger partial charge < -0.3 is 20.3 Å². The molecule has 0 aliphatic carbocycles. The number of hydrogen-bond donors (Lipinski definition) is 3. The number of hydrogen-bond acceptors (Lipinski definition) is 5. The molecule has 0 aromatic carbocycles. The summed E-state index contributed by atoms with van der Waals surface area (Å²) < 4.78 is 5.97. The molecule has 65 heavy (non-hydrogen) atoms. The second kappa shape index (κ2) is 53.6. The van der Waals surface area contributed by atoms with E-state index >= 15 is 0 Å². The Bertz CT molecular complexity index is 986. The number of rotatable bonds is 54. The predicted octanol–water partition coefficient (Wildman–Crippen LogP) is 18.1. The fraction of sp³-hybridized carbons (Fsp3) is 0.932. The molecular formula is C59H115NO5. The third kappa shape index (κ3) is 48.9. The van der Waals surface area contributed by atoms with Crippen molar-refractivity contribution < 1.29 is 24.5 Å². The molecule has 3 N–H and O–H groups in total. The van der Waals surface area contributed by atoms with Gasteiger partial charge in [-0.3, -0.25) is 9.59 Å². The Morgan fingerprint density at radius 3 is 1.09 bits per heavy atom. The number of amides is 1. The summed E-state index contributed by atoms with van der Waals surface area (Å²) in [7, 11) is 0. The summed E-state index contributed by atoms with van der Waals surface area (Å²) in [6, 6.07) is -0.697. The number of carbonyl (C=O) groups is 2. The maximum Gasteiger partial charge on any atom is 0.306 e. The van der Waals surface area contributed by atoms with E-state index in [1.165, 1.54) is 231 Å². The lowest BCUT2D eigenvalue weighted by atomic mass is 10.0. The lowest BCUT2D eigenvalue weighted by molar-refractivity contribution is -0.151. The Morgan fingerprint density at radius 1 is 0.431 bits per heavy atom. The Hall–Kier alpha value is -1.40. The van der Waals surface area contributed by atoms with Gasteiger partial charge in [0.1, 0.15) is 6.10 Å². The fourth-order valence-corrected chi connectivity index (χ4v) is 9.37. The van der Waals surface area contributed by atoms with Crippen LogP contribution < -0.4 is 5.32 Å². The minimum atomic E-state index is -0.784. The monoisotopic (exact) mass is 918 g/mol. The molecule has 0 spiro atoms. The maximum absolute atomic E-state index is 13.3. The van der Waals surface area contributed by atoms with Gasteiger partial charge in [-0.25, -0.2) is 0 Å². The number of esters is 1. The van der Waals surface area contributed by atoms with Gasteiger partial charge in [0.2, 0.25) is 5.91 Å². The summed E-state index contributed by atoms with van der Waals surface area (Å²) in [5.41, 5.74) is 0. The Labute approximate surface area is 406 Å². The summed E-state index contributed by atoms with van der Waals surface area (Å²) in [6.07, 6.45) is 61.3. The van der Waals surface area contributed by atoms with E-state index in [-0.39, 0.29) is 24.9 Å². The first-order chi connectivity index (χ1) is 32.0. The standard InChI is InChI=1S/C59H115NO5/c1-4-7-10-13-16-19-22-25-27-29-30-33-35-38-41-44-47-50-55(65-59(64)52-49-46-43-40-37-34-31-28-26-23-20-17-14-11-8-5-2)53-58(63)60-56(54-61)57(62)51-48-45-42-39-36-32-24-21-18-15-12-9-6-3/h25,27,55-57,61-62H,4-24,26,28-54H2,1-3H3,(H,60,63)/b27-25+. The normalized spacial score (nSPS) is 13.1. The number of aliphatic hydroxyl groups is 2. The van der Waals surface area contributed by atoms with Crippen LogP contribution in [0.4, 0.5) is 0 Å². The highest BCUT2D eigenvalue weighted by Crippen LogP contribution is 2.19. The van der Waals surface area contributed by atoms with Crippen LogP contribution in [-0.4, -0.2) is 46.9 Å². The molecule has 0 radical (unpaired) electrons. The molecule has 0 aromatic rings. The lowest BCUT2D eigenvalue weighted by Crippen LogP contribution is -2.46. The summed E-state index contributed by atoms with van der Waals surface area (Å²) in [5, 5.41) is 23.9. The van der Waals surface area contributed by atoms with E-state index < -0.39 is 18.2 Å². The Kier molecular flexibility index (Phi) is 52.4. The Morgan fingerprint density at radius 2 is 0.738 bits per heavy atom. The summed E-state index contributed by atoms with van der Waals surface area (Å²) in [6.45, 7) is 6.52. The lowest BCUT2D eigenvalue weighted by Gasteiger charge is -2.24. The number of carbonyl (C=O) groups excluding carboxylic acids is 2. The molecule has 0 rings (SSSR count). The van der Waals surface area contributed by atoms with Gasteiger partial charge in [-0.1, -0.05) is 277 Å². The van der Waals surface area contributed by atoms with Gasteiger partial charge in [-0.15, -0.1) is 0 Å². The van der Waals surface area contributed by atoms with E-state index in [4.69, 9.17) is 4.74 Å². The van der Waals surface area contributed by atoms with Crippen LogP contribution in [0, 0.1) is 0 Å². The second-order valence-electron chi connectivity index (χ2n) is 20.4. The molecule has 0 aliphatic heterocycles. The maximum atomic E-state index is 13.3. The molecule has 0 heterocycles. The fourth-order valence-electron chi connectivity index (χ4n) is 9.37. The number of allylic oxidation sites excluding steroid dienone is 2. The molecule has 6 heteroatoms. The SMILES string of the molecule is CCCCCCCC/C=C/CCCCCCCCCC(CC(=O)NC(CO)C(O)CCCCCCCCCCCCCCC)OC(=O)CCCCCCCCCCCCCCCCCC. The predicted molar refractivity (Wildman–Crippen MR) is 283 cm³/mol. The molecule has 0 saturated carbocycles. The van der Waals surface area contributed by atoms with Crippen molar-refractivity contribution >= 4 is 11.9 Å². The second-order valence-corrected chi connectivity index (χ2v) is 20.4. The molecular weight excluding hydrogens is 803 g/mol. The van der Waals surface area contributed by atoms with E-state index in [2.05, 4.69) is 38.2 Å². The average Bonchev–Trinajstić information content (AvgIpc) is 3.30. The first-order valence-electron chi connectivity index (χ1n) is 29.4. The van der Waals surface area contributed by atoms with Crippen LogP contribution >= 0.6 is 0 Å². The first kappa shape index (κ1) is 63.6. The van der Waals surface area contributed by atoms with Crippen molar-refractivity contribution in [2.24, 2.45) is 0 Å². The van der Waals surface area contributed by atoms with Crippen molar-refractivity contribution in [1.82, 2.24) is 5.32 Å². The Balaban J connectivity index is 4.52. The minimum Gasteiger partial charge on any atom is -0.462 e. The van der Waals surface area contributed by atoms with Crippen LogP contribution in [-0.2, 0) is 14.3 Å². The van der Waals surface area contributed by atoms with Crippen LogP contribution in [0.25, 0.3) is 0 Å². The minimum absolute atomic E-state index is 0.0824. The van der Waals surface area contributed by atoms with Crippen LogP contribution in [0.2, 0.25) is 0 Å². The van der Waals surface area contributed by atoms with E-state index in [0.717, 1.165) is 51.4 Å². The average molecular weight is 919 g/mol. The van der Waals surface area contributed by atoms with Crippen molar-refractivity contribution in [2.45, 2.75) is 347 Å². The van der Waals surface area contributed by atoms with Crippen LogP contribution in [0.1, 0.15) is 329 Å². The molecule has 0 fully saturated rings. The van der Waals surface area contributed by atoms with Gasteiger partial charge in [0.15, 0.2) is 0 Å². The highest BCUT2D eigenvalue weighted by Gasteiger charge is 2.24. The molecule has 3 unspecified atom stereocenters. The quantitative estimate of drug-likeness (QED) is 0.0321. The molecule has 0 aromatic heterocycles. The number of ether oxygens (including phenoxy) is 1. The molecule has 386 valence electrons. The van der Waals surface area contributed by atoms with E-state index in [1.807, 2.05) is 0 Å². The third-order valence-corrected chi connectivity index (χ3v) is 13.8. The molecule has 0 bridgehead atoms. The van der Waals surface area contributed by atoms with Gasteiger partial charge in [-0.2, -0.15) is 0 Å². The zero-order valence-corrected chi connectivity index (χ0v) is 44.2. The van der Waals surface area contributed by atoms with Crippen LogP contribution in [0.5, 0.6) is 0 Å².